The average Bonchev–Trinajstić information content (AvgIpc) is 2.51. The maximum Gasteiger partial charge on any atom is 0.274 e. The van der Waals surface area contributed by atoms with Crippen LogP contribution >= 0.6 is 0 Å². The van der Waals surface area contributed by atoms with Gasteiger partial charge in [-0.05, 0) is 30.3 Å². The van der Waals surface area contributed by atoms with Gasteiger partial charge >= 0.3 is 0 Å². The minimum atomic E-state index is -0.0853. The van der Waals surface area contributed by atoms with E-state index in [1.54, 1.807) is 14.2 Å². The number of hydrogen-bond acceptors (Lipinski definition) is 3. The molecule has 1 heterocycles. The number of aryl methyl sites for hydroxylation is 1. The standard InChI is InChI=1S/C16H14N2O2/c1-18-16(19)14-6-4-3-5-13(14)15(17-18)11-7-9-12(20-2)10-8-11/h3-10H,1-2H3. The number of fused-ring (bicyclic) bond motifs is 1. The first-order valence-corrected chi connectivity index (χ1v) is 6.31. The Morgan fingerprint density at radius 1 is 1.00 bits per heavy atom. The molecule has 3 aromatic rings. The molecular formula is C16H14N2O2. The monoisotopic (exact) mass is 266 g/mol. The molecule has 0 aliphatic rings. The Hall–Kier alpha value is -2.62. The van der Waals surface area contributed by atoms with Crippen molar-refractivity contribution in [2.24, 2.45) is 7.05 Å². The fourth-order valence-electron chi connectivity index (χ4n) is 2.26. The first-order valence-electron chi connectivity index (χ1n) is 6.31. The molecule has 0 aliphatic heterocycles. The molecule has 4 heteroatoms. The summed E-state index contributed by atoms with van der Waals surface area (Å²) in [5.41, 5.74) is 1.67. The Kier molecular flexibility index (Phi) is 2.99. The van der Waals surface area contributed by atoms with Crippen LogP contribution in [0.15, 0.2) is 53.3 Å². The van der Waals surface area contributed by atoms with Gasteiger partial charge in [-0.2, -0.15) is 5.10 Å². The van der Waals surface area contributed by atoms with Crippen LogP contribution in [0.4, 0.5) is 0 Å². The zero-order chi connectivity index (χ0) is 14.1. The van der Waals surface area contributed by atoms with Crippen LogP contribution in [0, 0.1) is 0 Å². The van der Waals surface area contributed by atoms with Gasteiger partial charge in [-0.15, -0.1) is 0 Å². The van der Waals surface area contributed by atoms with E-state index in [2.05, 4.69) is 5.10 Å². The molecule has 1 aromatic heterocycles. The molecule has 0 N–H and O–H groups in total. The lowest BCUT2D eigenvalue weighted by molar-refractivity contribution is 0.415. The molecule has 0 atom stereocenters. The lowest BCUT2D eigenvalue weighted by atomic mass is 10.1. The van der Waals surface area contributed by atoms with E-state index in [1.807, 2.05) is 48.5 Å². The highest BCUT2D eigenvalue weighted by Gasteiger charge is 2.10. The van der Waals surface area contributed by atoms with Crippen molar-refractivity contribution < 1.29 is 4.74 Å². The predicted molar refractivity (Wildman–Crippen MR) is 79.0 cm³/mol. The molecule has 2 aromatic carbocycles. The van der Waals surface area contributed by atoms with Gasteiger partial charge in [0.05, 0.1) is 18.2 Å². The number of nitrogens with zero attached hydrogens (tertiary/aromatic N) is 2. The van der Waals surface area contributed by atoms with Crippen LogP contribution in [-0.4, -0.2) is 16.9 Å². The van der Waals surface area contributed by atoms with Gasteiger partial charge in [0, 0.05) is 18.0 Å². The molecule has 100 valence electrons. The maximum absolute atomic E-state index is 12.1. The predicted octanol–water partition coefficient (Wildman–Crippen LogP) is 2.61. The molecule has 0 unspecified atom stereocenters. The first kappa shape index (κ1) is 12.4. The summed E-state index contributed by atoms with van der Waals surface area (Å²) in [4.78, 5) is 12.1. The van der Waals surface area contributed by atoms with Crippen molar-refractivity contribution in [3.8, 4) is 17.0 Å². The third-order valence-electron chi connectivity index (χ3n) is 3.32. The summed E-state index contributed by atoms with van der Waals surface area (Å²) in [6.07, 6.45) is 0. The SMILES string of the molecule is COc1ccc(-c2nn(C)c(=O)c3ccccc23)cc1. The summed E-state index contributed by atoms with van der Waals surface area (Å²) in [5.74, 6) is 0.794. The highest BCUT2D eigenvalue weighted by molar-refractivity contribution is 5.93. The van der Waals surface area contributed by atoms with Gasteiger partial charge in [0.25, 0.3) is 5.56 Å². The lowest BCUT2D eigenvalue weighted by Crippen LogP contribution is -2.20. The van der Waals surface area contributed by atoms with Crippen molar-refractivity contribution in [2.45, 2.75) is 0 Å². The molecule has 0 saturated carbocycles. The Morgan fingerprint density at radius 3 is 2.30 bits per heavy atom. The summed E-state index contributed by atoms with van der Waals surface area (Å²) >= 11 is 0. The van der Waals surface area contributed by atoms with Gasteiger partial charge < -0.3 is 4.74 Å². The fraction of sp³-hybridized carbons (Fsp3) is 0.125. The summed E-state index contributed by atoms with van der Waals surface area (Å²) < 4.78 is 6.54. The molecule has 3 rings (SSSR count). The van der Waals surface area contributed by atoms with Crippen LogP contribution in [0.3, 0.4) is 0 Å². The van der Waals surface area contributed by atoms with Crippen LogP contribution in [0.25, 0.3) is 22.0 Å². The number of ether oxygens (including phenoxy) is 1. The molecular weight excluding hydrogens is 252 g/mol. The smallest absolute Gasteiger partial charge is 0.274 e. The summed E-state index contributed by atoms with van der Waals surface area (Å²) in [6.45, 7) is 0. The van der Waals surface area contributed by atoms with Crippen molar-refractivity contribution >= 4 is 10.8 Å². The summed E-state index contributed by atoms with van der Waals surface area (Å²) in [7, 11) is 3.30. The molecule has 0 aliphatic carbocycles. The third-order valence-corrected chi connectivity index (χ3v) is 3.32. The van der Waals surface area contributed by atoms with Crippen LogP contribution in [0.5, 0.6) is 5.75 Å². The Balaban J connectivity index is 2.30. The minimum Gasteiger partial charge on any atom is -0.497 e. The molecule has 20 heavy (non-hydrogen) atoms. The van der Waals surface area contributed by atoms with E-state index in [0.29, 0.717) is 5.39 Å². The van der Waals surface area contributed by atoms with Gasteiger partial charge in [0.2, 0.25) is 0 Å². The second kappa shape index (κ2) is 4.81. The van der Waals surface area contributed by atoms with E-state index in [-0.39, 0.29) is 5.56 Å². The van der Waals surface area contributed by atoms with Crippen LogP contribution in [0.2, 0.25) is 0 Å². The fourth-order valence-corrected chi connectivity index (χ4v) is 2.26. The molecule has 0 spiro atoms. The molecule has 0 fully saturated rings. The highest BCUT2D eigenvalue weighted by atomic mass is 16.5. The van der Waals surface area contributed by atoms with Crippen molar-refractivity contribution in [1.82, 2.24) is 9.78 Å². The van der Waals surface area contributed by atoms with E-state index >= 15 is 0 Å². The zero-order valence-electron chi connectivity index (χ0n) is 11.3. The van der Waals surface area contributed by atoms with E-state index in [1.165, 1.54) is 4.68 Å². The molecule has 4 nitrogen and oxygen atoms in total. The zero-order valence-corrected chi connectivity index (χ0v) is 11.3. The second-order valence-electron chi connectivity index (χ2n) is 4.55. The Morgan fingerprint density at radius 2 is 1.65 bits per heavy atom. The molecule has 0 amide bonds. The van der Waals surface area contributed by atoms with Gasteiger partial charge in [-0.1, -0.05) is 18.2 Å². The number of hydrogen-bond donors (Lipinski definition) is 0. The van der Waals surface area contributed by atoms with Gasteiger partial charge in [0.1, 0.15) is 5.75 Å². The number of benzene rings is 2. The van der Waals surface area contributed by atoms with E-state index in [0.717, 1.165) is 22.4 Å². The minimum absolute atomic E-state index is 0.0853. The molecule has 0 saturated heterocycles. The van der Waals surface area contributed by atoms with Gasteiger partial charge in [0.15, 0.2) is 0 Å². The van der Waals surface area contributed by atoms with E-state index in [9.17, 15) is 4.79 Å². The maximum atomic E-state index is 12.1. The quantitative estimate of drug-likeness (QED) is 0.716. The molecule has 0 radical (unpaired) electrons. The molecule has 0 bridgehead atoms. The van der Waals surface area contributed by atoms with Crippen LogP contribution in [0.1, 0.15) is 0 Å². The van der Waals surface area contributed by atoms with Crippen molar-refractivity contribution in [2.75, 3.05) is 7.11 Å². The average molecular weight is 266 g/mol. The number of rotatable bonds is 2. The van der Waals surface area contributed by atoms with E-state index < -0.39 is 0 Å². The van der Waals surface area contributed by atoms with Crippen molar-refractivity contribution in [3.63, 3.8) is 0 Å². The Labute approximate surface area is 116 Å². The number of methoxy groups -OCH3 is 1. The first-order chi connectivity index (χ1) is 9.70. The number of aromatic nitrogens is 2. The van der Waals surface area contributed by atoms with Crippen molar-refractivity contribution in [1.29, 1.82) is 0 Å². The van der Waals surface area contributed by atoms with Crippen LogP contribution in [-0.2, 0) is 7.05 Å². The van der Waals surface area contributed by atoms with Crippen molar-refractivity contribution in [3.05, 3.63) is 58.9 Å². The topological polar surface area (TPSA) is 44.1 Å². The summed E-state index contributed by atoms with van der Waals surface area (Å²) in [6, 6.07) is 15.2. The lowest BCUT2D eigenvalue weighted by Gasteiger charge is -2.08. The Bertz CT molecular complexity index is 820. The third kappa shape index (κ3) is 1.95. The van der Waals surface area contributed by atoms with Gasteiger partial charge in [-0.25, -0.2) is 4.68 Å². The second-order valence-corrected chi connectivity index (χ2v) is 4.55. The highest BCUT2D eigenvalue weighted by Crippen LogP contribution is 2.26. The largest absolute Gasteiger partial charge is 0.497 e. The van der Waals surface area contributed by atoms with Gasteiger partial charge in [-0.3, -0.25) is 4.79 Å². The van der Waals surface area contributed by atoms with Crippen LogP contribution < -0.4 is 10.3 Å². The van der Waals surface area contributed by atoms with E-state index in [4.69, 9.17) is 4.74 Å². The normalized spacial score (nSPS) is 10.7. The summed E-state index contributed by atoms with van der Waals surface area (Å²) in [5, 5.41) is 5.93.